The molecule has 6 aromatic rings. The summed E-state index contributed by atoms with van der Waals surface area (Å²) in [6.07, 6.45) is 10.8. The van der Waals surface area contributed by atoms with E-state index >= 15 is 0 Å². The molecule has 34 heavy (non-hydrogen) atoms. The zero-order chi connectivity index (χ0) is 22.4. The Bertz CT molecular complexity index is 1620. The first-order chi connectivity index (χ1) is 16.2. The fourth-order valence-electron chi connectivity index (χ4n) is 4.08. The number of hydrogen-bond donors (Lipinski definition) is 0. The van der Waals surface area contributed by atoms with Gasteiger partial charge >= 0.3 is 0 Å². The summed E-state index contributed by atoms with van der Waals surface area (Å²) in [4.78, 5) is 4.58. The molecule has 0 aliphatic rings. The fraction of sp³-hybridized carbons (Fsp3) is 0.0741. The summed E-state index contributed by atoms with van der Waals surface area (Å²) in [6, 6.07) is 26.9. The van der Waals surface area contributed by atoms with Crippen molar-refractivity contribution < 1.29 is 34.9 Å². The third-order valence-corrected chi connectivity index (χ3v) is 5.61. The molecule has 0 N–H and O–H groups in total. The van der Waals surface area contributed by atoms with Crippen LogP contribution in [-0.4, -0.2) is 14.1 Å². The smallest absolute Gasteiger partial charge is 0.244 e. The molecule has 0 aliphatic heterocycles. The van der Waals surface area contributed by atoms with Crippen molar-refractivity contribution in [3.05, 3.63) is 104 Å². The number of fused-ring (bicyclic) bond motifs is 3. The Balaban J connectivity index is 0.00000241. The van der Waals surface area contributed by atoms with Crippen LogP contribution in [0.25, 0.3) is 33.4 Å². The Morgan fingerprint density at radius 3 is 2.47 bits per heavy atom. The van der Waals surface area contributed by atoms with Gasteiger partial charge in [-0.2, -0.15) is 12.1 Å². The second-order valence-electron chi connectivity index (χ2n) is 7.85. The Morgan fingerprint density at radius 2 is 1.68 bits per heavy atom. The number of rotatable bonds is 4. The number of aryl methyl sites for hydroxylation is 2. The third kappa shape index (κ3) is 3.80. The standard InChI is InChI=1S/C27H20N5O.Pt/c1-29-15-16-31(19-29)27-18-21(12-14-30(27)2)33-20-10-11-23-22-7-3-4-8-24(22)32(25(23)17-20)26-9-5-6-13-28-26;/h3-16H,1-2H3;/q-1;. The van der Waals surface area contributed by atoms with Gasteiger partial charge in [-0.3, -0.25) is 0 Å². The van der Waals surface area contributed by atoms with Crippen LogP contribution in [0.5, 0.6) is 11.5 Å². The van der Waals surface area contributed by atoms with Crippen LogP contribution in [0.2, 0.25) is 0 Å². The van der Waals surface area contributed by atoms with Crippen LogP contribution >= 0.6 is 0 Å². The first kappa shape index (κ1) is 22.1. The topological polar surface area (TPSA) is 39.7 Å². The second-order valence-corrected chi connectivity index (χ2v) is 7.85. The van der Waals surface area contributed by atoms with Crippen molar-refractivity contribution in [2.45, 2.75) is 0 Å². The largest absolute Gasteiger partial charge is 0.522 e. The van der Waals surface area contributed by atoms with Gasteiger partial charge in [-0.1, -0.05) is 29.8 Å². The van der Waals surface area contributed by atoms with Crippen LogP contribution in [0.3, 0.4) is 0 Å². The van der Waals surface area contributed by atoms with E-state index in [4.69, 9.17) is 4.74 Å². The molecule has 0 radical (unpaired) electrons. The maximum atomic E-state index is 6.21. The number of nitrogens with zero attached hydrogens (tertiary/aromatic N) is 5. The number of pyridine rings is 2. The molecule has 0 saturated carbocycles. The maximum absolute atomic E-state index is 6.21. The summed E-state index contributed by atoms with van der Waals surface area (Å²) in [5.74, 6) is 2.87. The van der Waals surface area contributed by atoms with Crippen molar-refractivity contribution in [1.82, 2.24) is 14.1 Å². The Morgan fingerprint density at radius 1 is 0.853 bits per heavy atom. The van der Waals surface area contributed by atoms with Gasteiger partial charge in [0.2, 0.25) is 6.33 Å². The molecule has 4 aromatic heterocycles. The minimum atomic E-state index is 0. The number of benzene rings is 2. The van der Waals surface area contributed by atoms with Crippen molar-refractivity contribution >= 4 is 21.8 Å². The molecule has 0 unspecified atom stereocenters. The van der Waals surface area contributed by atoms with Gasteiger partial charge in [-0.15, -0.1) is 23.6 Å². The van der Waals surface area contributed by atoms with Gasteiger partial charge in [0.25, 0.3) is 0 Å². The number of aromatic nitrogens is 5. The first-order valence-electron chi connectivity index (χ1n) is 10.6. The summed E-state index contributed by atoms with van der Waals surface area (Å²) in [7, 11) is 3.90. The third-order valence-electron chi connectivity index (χ3n) is 5.61. The minimum Gasteiger partial charge on any atom is -0.522 e. The molecular weight excluding hydrogens is 605 g/mol. The number of hydrogen-bond acceptors (Lipinski definition) is 2. The number of para-hydroxylation sites is 1. The predicted octanol–water partition coefficient (Wildman–Crippen LogP) is 3.81. The van der Waals surface area contributed by atoms with Crippen LogP contribution in [0.1, 0.15) is 0 Å². The molecule has 0 fully saturated rings. The molecule has 6 rings (SSSR count). The normalized spacial score (nSPS) is 11.0. The van der Waals surface area contributed by atoms with E-state index in [1.54, 1.807) is 6.20 Å². The first-order valence-corrected chi connectivity index (χ1v) is 10.6. The van der Waals surface area contributed by atoms with E-state index in [-0.39, 0.29) is 21.1 Å². The zero-order valence-electron chi connectivity index (χ0n) is 18.5. The van der Waals surface area contributed by atoms with Crippen molar-refractivity contribution in [2.75, 3.05) is 0 Å². The summed E-state index contributed by atoms with van der Waals surface area (Å²) in [5, 5.41) is 2.25. The van der Waals surface area contributed by atoms with Gasteiger partial charge in [0.1, 0.15) is 11.6 Å². The van der Waals surface area contributed by atoms with Crippen molar-refractivity contribution in [3.63, 3.8) is 0 Å². The van der Waals surface area contributed by atoms with Gasteiger partial charge in [0, 0.05) is 57.1 Å². The number of ether oxygens (including phenoxy) is 1. The molecule has 7 heteroatoms. The van der Waals surface area contributed by atoms with Crippen LogP contribution < -0.4 is 13.9 Å². The zero-order valence-corrected chi connectivity index (χ0v) is 20.8. The van der Waals surface area contributed by atoms with Crippen molar-refractivity contribution in [2.24, 2.45) is 14.1 Å². The van der Waals surface area contributed by atoms with Crippen LogP contribution in [0, 0.1) is 18.5 Å². The second kappa shape index (κ2) is 8.88. The molecular formula is C27H20N5OPt-. The molecule has 6 nitrogen and oxygen atoms in total. The van der Waals surface area contributed by atoms with Gasteiger partial charge in [0.15, 0.2) is 0 Å². The summed E-state index contributed by atoms with van der Waals surface area (Å²) in [5.41, 5.74) is 2.00. The SMILES string of the molecule is C[n+]1[c-]n(-c2[c-]c(Oc3[c-]c4c(cc3)c3ccccc3n4-c3ccccn3)cc[n+]2C)cc1.[Pt]. The van der Waals surface area contributed by atoms with Gasteiger partial charge < -0.3 is 23.0 Å². The molecule has 0 spiro atoms. The molecule has 2 aromatic carbocycles. The molecule has 0 amide bonds. The van der Waals surface area contributed by atoms with Crippen LogP contribution in [0.4, 0.5) is 0 Å². The molecule has 0 aliphatic carbocycles. The summed E-state index contributed by atoms with van der Waals surface area (Å²) >= 11 is 0. The summed E-state index contributed by atoms with van der Waals surface area (Å²) in [6.45, 7) is 0. The van der Waals surface area contributed by atoms with Gasteiger partial charge in [0.05, 0.1) is 14.1 Å². The summed E-state index contributed by atoms with van der Waals surface area (Å²) < 4.78 is 14.0. The van der Waals surface area contributed by atoms with E-state index < -0.39 is 0 Å². The Labute approximate surface area is 211 Å². The average molecular weight is 626 g/mol. The van der Waals surface area contributed by atoms with Crippen molar-refractivity contribution in [3.8, 4) is 23.1 Å². The molecule has 0 bridgehead atoms. The minimum absolute atomic E-state index is 0. The molecule has 0 atom stereocenters. The van der Waals surface area contributed by atoms with Crippen LogP contribution in [0.15, 0.2) is 85.5 Å². The van der Waals surface area contributed by atoms with E-state index in [1.165, 1.54) is 0 Å². The fourth-order valence-corrected chi connectivity index (χ4v) is 4.08. The maximum Gasteiger partial charge on any atom is 0.244 e. The molecule has 170 valence electrons. The monoisotopic (exact) mass is 625 g/mol. The predicted molar refractivity (Wildman–Crippen MR) is 123 cm³/mol. The van der Waals surface area contributed by atoms with Crippen molar-refractivity contribution in [1.29, 1.82) is 0 Å². The Kier molecular flexibility index (Phi) is 5.76. The van der Waals surface area contributed by atoms with E-state index in [1.807, 2.05) is 88.9 Å². The Hall–Kier alpha value is -3.76. The van der Waals surface area contributed by atoms with E-state index in [9.17, 15) is 0 Å². The molecule has 0 saturated heterocycles. The quantitative estimate of drug-likeness (QED) is 0.221. The van der Waals surface area contributed by atoms with E-state index in [0.29, 0.717) is 11.5 Å². The number of imidazole rings is 1. The van der Waals surface area contributed by atoms with Gasteiger partial charge in [-0.25, -0.2) is 4.98 Å². The van der Waals surface area contributed by atoms with E-state index in [0.717, 1.165) is 33.4 Å². The van der Waals surface area contributed by atoms with E-state index in [2.05, 4.69) is 46.2 Å². The van der Waals surface area contributed by atoms with Gasteiger partial charge in [-0.05, 0) is 29.3 Å². The molecule has 4 heterocycles. The van der Waals surface area contributed by atoms with Crippen LogP contribution in [-0.2, 0) is 35.2 Å². The average Bonchev–Trinajstić information content (AvgIpc) is 3.41.